The zero-order chi connectivity index (χ0) is 15.7. The molecule has 21 heavy (non-hydrogen) atoms. The minimum Gasteiger partial charge on any atom is -0.382 e. The smallest absolute Gasteiger partial charge is 0.288 e. The van der Waals surface area contributed by atoms with E-state index < -0.39 is 24.0 Å². The zero-order valence-electron chi connectivity index (χ0n) is 11.8. The van der Waals surface area contributed by atoms with Crippen molar-refractivity contribution in [3.05, 3.63) is 30.1 Å². The topological polar surface area (TPSA) is 117 Å². The Morgan fingerprint density at radius 3 is 2.81 bits per heavy atom. The van der Waals surface area contributed by atoms with Crippen molar-refractivity contribution >= 4 is 23.6 Å². The van der Waals surface area contributed by atoms with Gasteiger partial charge in [0.2, 0.25) is 0 Å². The van der Waals surface area contributed by atoms with Crippen LogP contribution in [0.2, 0.25) is 0 Å². The van der Waals surface area contributed by atoms with E-state index >= 15 is 0 Å². The lowest BCUT2D eigenvalue weighted by atomic mass is 10.1. The number of hydrazine groups is 1. The number of nitrogens with zero attached hydrogens (tertiary/aromatic N) is 1. The number of hydrogen-bond acceptors (Lipinski definition) is 6. The van der Waals surface area contributed by atoms with Gasteiger partial charge in [0.05, 0.1) is 0 Å². The van der Waals surface area contributed by atoms with Crippen LogP contribution in [0.15, 0.2) is 24.4 Å². The molecule has 2 amide bonds. The molecule has 1 heterocycles. The third-order valence-corrected chi connectivity index (χ3v) is 3.60. The fourth-order valence-electron chi connectivity index (χ4n) is 1.47. The Morgan fingerprint density at radius 1 is 1.43 bits per heavy atom. The number of hydrogen-bond donors (Lipinski definition) is 4. The van der Waals surface area contributed by atoms with Gasteiger partial charge in [0.1, 0.15) is 11.8 Å². The number of aliphatic hydroxyl groups excluding tert-OH is 1. The summed E-state index contributed by atoms with van der Waals surface area (Å²) in [5, 5.41) is 9.76. The van der Waals surface area contributed by atoms with Crippen LogP contribution in [0.1, 0.15) is 23.8 Å². The summed E-state index contributed by atoms with van der Waals surface area (Å²) in [5.74, 6) is 0.414. The second kappa shape index (κ2) is 9.32. The molecule has 0 aromatic carbocycles. The maximum Gasteiger partial charge on any atom is 0.288 e. The van der Waals surface area contributed by atoms with E-state index in [0.717, 1.165) is 11.5 Å². The third kappa shape index (κ3) is 6.11. The number of carbonyl (C=O) groups is 2. The van der Waals surface area contributed by atoms with Gasteiger partial charge in [-0.3, -0.25) is 25.4 Å². The molecule has 5 N–H and O–H groups in total. The molecule has 0 fully saturated rings. The minimum absolute atomic E-state index is 0.163. The lowest BCUT2D eigenvalue weighted by Gasteiger charge is -2.18. The lowest BCUT2D eigenvalue weighted by Crippen LogP contribution is -2.52. The van der Waals surface area contributed by atoms with Crippen LogP contribution >= 0.6 is 11.8 Å². The standard InChI is InChI=1S/C13H20N4O3S/c1-2-21-8-6-9(14)11(18)13(20)17-16-12(19)10-5-3-4-7-15-10/h3-5,7,9,11,18H,2,6,8,14H2,1H3,(H,16,19)(H,17,20). The van der Waals surface area contributed by atoms with Crippen LogP contribution < -0.4 is 16.6 Å². The summed E-state index contributed by atoms with van der Waals surface area (Å²) in [6, 6.07) is 4.16. The van der Waals surface area contributed by atoms with Crippen LogP contribution in [0.5, 0.6) is 0 Å². The molecular weight excluding hydrogens is 292 g/mol. The van der Waals surface area contributed by atoms with Crippen molar-refractivity contribution in [1.29, 1.82) is 0 Å². The van der Waals surface area contributed by atoms with Crippen LogP contribution in [0, 0.1) is 0 Å². The van der Waals surface area contributed by atoms with E-state index in [9.17, 15) is 14.7 Å². The summed E-state index contributed by atoms with van der Waals surface area (Å²) in [4.78, 5) is 27.2. The predicted molar refractivity (Wildman–Crippen MR) is 81.4 cm³/mol. The number of amides is 2. The van der Waals surface area contributed by atoms with Crippen molar-refractivity contribution in [3.63, 3.8) is 0 Å². The Labute approximate surface area is 127 Å². The summed E-state index contributed by atoms with van der Waals surface area (Å²) in [6.07, 6.45) is 0.611. The molecule has 116 valence electrons. The van der Waals surface area contributed by atoms with Crippen LogP contribution in [0.3, 0.4) is 0 Å². The number of nitrogens with two attached hydrogens (primary N) is 1. The Balaban J connectivity index is 2.37. The van der Waals surface area contributed by atoms with E-state index in [0.29, 0.717) is 6.42 Å². The van der Waals surface area contributed by atoms with Crippen molar-refractivity contribution in [2.45, 2.75) is 25.5 Å². The molecule has 0 aliphatic heterocycles. The van der Waals surface area contributed by atoms with Crippen LogP contribution in [0.4, 0.5) is 0 Å². The Morgan fingerprint density at radius 2 is 2.19 bits per heavy atom. The summed E-state index contributed by atoms with van der Waals surface area (Å²) in [7, 11) is 0. The number of aromatic nitrogens is 1. The molecule has 2 atom stereocenters. The molecule has 1 rings (SSSR count). The molecule has 0 spiro atoms. The second-order valence-electron chi connectivity index (χ2n) is 4.25. The van der Waals surface area contributed by atoms with Gasteiger partial charge in [-0.25, -0.2) is 0 Å². The molecule has 1 aromatic rings. The molecule has 0 aliphatic rings. The molecule has 0 saturated carbocycles. The largest absolute Gasteiger partial charge is 0.382 e. The first-order chi connectivity index (χ1) is 10.1. The molecule has 0 aliphatic carbocycles. The highest BCUT2D eigenvalue weighted by Gasteiger charge is 2.23. The third-order valence-electron chi connectivity index (χ3n) is 2.67. The van der Waals surface area contributed by atoms with E-state index in [1.165, 1.54) is 12.3 Å². The van der Waals surface area contributed by atoms with Crippen molar-refractivity contribution in [2.75, 3.05) is 11.5 Å². The monoisotopic (exact) mass is 312 g/mol. The average Bonchev–Trinajstić information content (AvgIpc) is 2.52. The normalized spacial score (nSPS) is 13.3. The van der Waals surface area contributed by atoms with Gasteiger partial charge in [0, 0.05) is 12.2 Å². The highest BCUT2D eigenvalue weighted by Crippen LogP contribution is 2.05. The van der Waals surface area contributed by atoms with Crippen LogP contribution in [-0.4, -0.2) is 45.6 Å². The number of aliphatic hydroxyl groups is 1. The van der Waals surface area contributed by atoms with Gasteiger partial charge in [0.25, 0.3) is 11.8 Å². The summed E-state index contributed by atoms with van der Waals surface area (Å²) < 4.78 is 0. The first kappa shape index (κ1) is 17.4. The predicted octanol–water partition coefficient (Wildman–Crippen LogP) is -0.326. The van der Waals surface area contributed by atoms with Crippen LogP contribution in [-0.2, 0) is 4.79 Å². The van der Waals surface area contributed by atoms with E-state index in [1.54, 1.807) is 23.9 Å². The average molecular weight is 312 g/mol. The fraction of sp³-hybridized carbons (Fsp3) is 0.462. The molecule has 2 unspecified atom stereocenters. The lowest BCUT2D eigenvalue weighted by molar-refractivity contribution is -0.131. The number of pyridine rings is 1. The van der Waals surface area contributed by atoms with E-state index in [4.69, 9.17) is 5.73 Å². The first-order valence-electron chi connectivity index (χ1n) is 6.58. The number of thioether (sulfide) groups is 1. The van der Waals surface area contributed by atoms with Gasteiger partial charge in [-0.2, -0.15) is 11.8 Å². The molecular formula is C13H20N4O3S. The van der Waals surface area contributed by atoms with E-state index in [2.05, 4.69) is 15.8 Å². The fourth-order valence-corrected chi connectivity index (χ4v) is 2.20. The molecule has 8 heteroatoms. The SMILES string of the molecule is CCSCCC(N)C(O)C(=O)NNC(=O)c1ccccn1. The summed E-state index contributed by atoms with van der Waals surface area (Å²) in [5.41, 5.74) is 10.2. The second-order valence-corrected chi connectivity index (χ2v) is 5.65. The van der Waals surface area contributed by atoms with Crippen LogP contribution in [0.25, 0.3) is 0 Å². The van der Waals surface area contributed by atoms with Crippen molar-refractivity contribution in [3.8, 4) is 0 Å². The van der Waals surface area contributed by atoms with Gasteiger partial charge in [-0.1, -0.05) is 13.0 Å². The number of carbonyl (C=O) groups excluding carboxylic acids is 2. The summed E-state index contributed by atoms with van der Waals surface area (Å²) >= 11 is 1.68. The molecule has 0 saturated heterocycles. The quantitative estimate of drug-likeness (QED) is 0.405. The summed E-state index contributed by atoms with van der Waals surface area (Å²) in [6.45, 7) is 2.02. The molecule has 1 aromatic heterocycles. The van der Waals surface area contributed by atoms with Gasteiger partial charge in [0.15, 0.2) is 0 Å². The van der Waals surface area contributed by atoms with Crippen molar-refractivity contribution in [1.82, 2.24) is 15.8 Å². The van der Waals surface area contributed by atoms with E-state index in [-0.39, 0.29) is 5.69 Å². The van der Waals surface area contributed by atoms with Gasteiger partial charge in [-0.15, -0.1) is 0 Å². The Hall–Kier alpha value is -1.64. The molecule has 0 radical (unpaired) electrons. The highest BCUT2D eigenvalue weighted by atomic mass is 32.2. The molecule has 7 nitrogen and oxygen atoms in total. The Kier molecular flexibility index (Phi) is 7.73. The molecule has 0 bridgehead atoms. The van der Waals surface area contributed by atoms with E-state index in [1.807, 2.05) is 6.92 Å². The Bertz CT molecular complexity index is 458. The highest BCUT2D eigenvalue weighted by molar-refractivity contribution is 7.99. The minimum atomic E-state index is -1.37. The first-order valence-corrected chi connectivity index (χ1v) is 7.74. The maximum atomic E-state index is 11.7. The zero-order valence-corrected chi connectivity index (χ0v) is 12.6. The number of nitrogens with one attached hydrogen (secondary N) is 2. The van der Waals surface area contributed by atoms with Crippen molar-refractivity contribution in [2.24, 2.45) is 5.73 Å². The maximum absolute atomic E-state index is 11.7. The van der Waals surface area contributed by atoms with Crippen molar-refractivity contribution < 1.29 is 14.7 Å². The number of rotatable bonds is 7. The van der Waals surface area contributed by atoms with Gasteiger partial charge in [-0.05, 0) is 30.1 Å². The van der Waals surface area contributed by atoms with Gasteiger partial charge < -0.3 is 10.8 Å². The van der Waals surface area contributed by atoms with Gasteiger partial charge >= 0.3 is 0 Å².